The van der Waals surface area contributed by atoms with Gasteiger partial charge in [-0.15, -0.1) is 0 Å². The maximum Gasteiger partial charge on any atom is 0.254 e. The van der Waals surface area contributed by atoms with Gasteiger partial charge < -0.3 is 15.4 Å². The van der Waals surface area contributed by atoms with Crippen molar-refractivity contribution >= 4 is 11.7 Å². The van der Waals surface area contributed by atoms with Crippen LogP contribution in [0.3, 0.4) is 0 Å². The van der Waals surface area contributed by atoms with Crippen molar-refractivity contribution in [3.63, 3.8) is 0 Å². The summed E-state index contributed by atoms with van der Waals surface area (Å²) in [5.41, 5.74) is 3.12. The van der Waals surface area contributed by atoms with Gasteiger partial charge in [0.25, 0.3) is 5.91 Å². The Morgan fingerprint density at radius 3 is 2.90 bits per heavy atom. The van der Waals surface area contributed by atoms with Gasteiger partial charge in [-0.3, -0.25) is 4.79 Å². The lowest BCUT2D eigenvalue weighted by molar-refractivity contribution is 0.0572. The number of nitrogens with two attached hydrogens (primary N) is 1. The second-order valence-electron chi connectivity index (χ2n) is 5.60. The molecule has 1 aromatic rings. The molecule has 1 fully saturated rings. The van der Waals surface area contributed by atoms with E-state index in [1.807, 2.05) is 0 Å². The van der Waals surface area contributed by atoms with Crippen molar-refractivity contribution < 1.29 is 9.90 Å². The summed E-state index contributed by atoms with van der Waals surface area (Å²) in [4.78, 5) is 18.5. The molecule has 1 aromatic heterocycles. The number of hydrogen-bond donors (Lipinski definition) is 3. The van der Waals surface area contributed by atoms with Gasteiger partial charge in [0.05, 0.1) is 5.60 Å². The number of nitrogen functional groups attached to an aromatic ring is 1. The number of amides is 1. The summed E-state index contributed by atoms with van der Waals surface area (Å²) < 4.78 is 0. The molecule has 0 saturated carbocycles. The van der Waals surface area contributed by atoms with Crippen LogP contribution in [0.2, 0.25) is 0 Å². The highest BCUT2D eigenvalue weighted by Gasteiger charge is 2.34. The Hall–Kier alpha value is -1.66. The van der Waals surface area contributed by atoms with Gasteiger partial charge in [-0.25, -0.2) is 10.8 Å². The van der Waals surface area contributed by atoms with E-state index in [9.17, 15) is 9.90 Å². The molecule has 0 aliphatic carbocycles. The number of carbonyl (C=O) groups is 1. The summed E-state index contributed by atoms with van der Waals surface area (Å²) in [6, 6.07) is 3.45. The van der Waals surface area contributed by atoms with Gasteiger partial charge in [0.15, 0.2) is 0 Å². The molecule has 1 unspecified atom stereocenters. The lowest BCUT2D eigenvalue weighted by Crippen LogP contribution is -2.34. The van der Waals surface area contributed by atoms with E-state index in [-0.39, 0.29) is 5.91 Å². The predicted molar refractivity (Wildman–Crippen MR) is 77.2 cm³/mol. The number of aryl methyl sites for hydroxylation is 1. The van der Waals surface area contributed by atoms with Crippen LogP contribution in [-0.2, 0) is 6.42 Å². The van der Waals surface area contributed by atoms with Crippen molar-refractivity contribution in [3.05, 3.63) is 23.4 Å². The van der Waals surface area contributed by atoms with E-state index in [4.69, 9.17) is 5.84 Å². The number of β-amino-alcohol motifs (C(OH)–C–C–N with tert-alkyl or cyclic N) is 1. The van der Waals surface area contributed by atoms with Gasteiger partial charge in [0.1, 0.15) is 5.82 Å². The van der Waals surface area contributed by atoms with E-state index in [1.165, 1.54) is 0 Å². The summed E-state index contributed by atoms with van der Waals surface area (Å²) in [5, 5.41) is 9.96. The highest BCUT2D eigenvalue weighted by Crippen LogP contribution is 2.23. The van der Waals surface area contributed by atoms with E-state index < -0.39 is 5.60 Å². The molecule has 110 valence electrons. The third-order valence-electron chi connectivity index (χ3n) is 3.52. The van der Waals surface area contributed by atoms with Gasteiger partial charge in [-0.1, -0.05) is 13.3 Å². The molecular formula is C14H22N4O2. The maximum absolute atomic E-state index is 12.5. The third kappa shape index (κ3) is 3.26. The molecule has 2 heterocycles. The Balaban J connectivity index is 2.23. The van der Waals surface area contributed by atoms with Crippen molar-refractivity contribution in [2.45, 2.75) is 38.7 Å². The lowest BCUT2D eigenvalue weighted by Gasteiger charge is -2.19. The third-order valence-corrected chi connectivity index (χ3v) is 3.52. The van der Waals surface area contributed by atoms with Crippen molar-refractivity contribution in [2.24, 2.45) is 5.84 Å². The minimum Gasteiger partial charge on any atom is -0.388 e. The van der Waals surface area contributed by atoms with Crippen molar-refractivity contribution in [2.75, 3.05) is 18.5 Å². The fourth-order valence-electron chi connectivity index (χ4n) is 2.47. The number of rotatable bonds is 4. The van der Waals surface area contributed by atoms with Crippen LogP contribution in [0, 0.1) is 0 Å². The zero-order valence-electron chi connectivity index (χ0n) is 12.0. The summed E-state index contributed by atoms with van der Waals surface area (Å²) >= 11 is 0. The Morgan fingerprint density at radius 2 is 2.35 bits per heavy atom. The molecule has 1 atom stereocenters. The summed E-state index contributed by atoms with van der Waals surface area (Å²) in [5.74, 6) is 5.81. The minimum atomic E-state index is -0.788. The smallest absolute Gasteiger partial charge is 0.254 e. The summed E-state index contributed by atoms with van der Waals surface area (Å²) in [6.45, 7) is 4.75. The molecule has 6 heteroatoms. The van der Waals surface area contributed by atoms with E-state index in [2.05, 4.69) is 17.3 Å². The number of aromatic nitrogens is 1. The van der Waals surface area contributed by atoms with E-state index in [0.29, 0.717) is 30.9 Å². The first-order chi connectivity index (χ1) is 9.45. The average molecular weight is 278 g/mol. The number of nitrogens with one attached hydrogen (secondary N) is 1. The van der Waals surface area contributed by atoms with Gasteiger partial charge in [-0.05, 0) is 31.9 Å². The standard InChI is InChI=1S/C14H22N4O2/c1-3-4-11-7-10(8-12(16-11)17-15)13(19)18-6-5-14(2,20)9-18/h7-8,20H,3-6,9,15H2,1-2H3,(H,16,17). The van der Waals surface area contributed by atoms with Gasteiger partial charge in [0, 0.05) is 24.3 Å². The second-order valence-corrected chi connectivity index (χ2v) is 5.60. The average Bonchev–Trinajstić information content (AvgIpc) is 2.78. The molecule has 20 heavy (non-hydrogen) atoms. The largest absolute Gasteiger partial charge is 0.388 e. The monoisotopic (exact) mass is 278 g/mol. The van der Waals surface area contributed by atoms with Crippen LogP contribution in [0.15, 0.2) is 12.1 Å². The molecule has 1 aliphatic rings. The van der Waals surface area contributed by atoms with Crippen LogP contribution in [0.5, 0.6) is 0 Å². The predicted octanol–water partition coefficient (Wildman–Crippen LogP) is 0.917. The number of pyridine rings is 1. The maximum atomic E-state index is 12.5. The van der Waals surface area contributed by atoms with E-state index >= 15 is 0 Å². The second kappa shape index (κ2) is 5.76. The number of anilines is 1. The number of aliphatic hydroxyl groups is 1. The number of carbonyl (C=O) groups excluding carboxylic acids is 1. The molecule has 0 bridgehead atoms. The molecule has 1 amide bonds. The van der Waals surface area contributed by atoms with Crippen molar-refractivity contribution in [3.8, 4) is 0 Å². The van der Waals surface area contributed by atoms with E-state index in [1.54, 1.807) is 24.0 Å². The molecule has 2 rings (SSSR count). The van der Waals surface area contributed by atoms with Crippen LogP contribution in [0.4, 0.5) is 5.82 Å². The molecule has 1 aliphatic heterocycles. The topological polar surface area (TPSA) is 91.5 Å². The first-order valence-electron chi connectivity index (χ1n) is 6.94. The SMILES string of the molecule is CCCc1cc(C(=O)N2CCC(C)(O)C2)cc(NN)n1. The van der Waals surface area contributed by atoms with Crippen LogP contribution in [0.25, 0.3) is 0 Å². The number of likely N-dealkylation sites (tertiary alicyclic amines) is 1. The van der Waals surface area contributed by atoms with Gasteiger partial charge in [-0.2, -0.15) is 0 Å². The van der Waals surface area contributed by atoms with Crippen LogP contribution >= 0.6 is 0 Å². The first-order valence-corrected chi connectivity index (χ1v) is 6.94. The highest BCUT2D eigenvalue weighted by molar-refractivity contribution is 5.95. The highest BCUT2D eigenvalue weighted by atomic mass is 16.3. The number of hydrazine groups is 1. The number of nitrogens with zero attached hydrogens (tertiary/aromatic N) is 2. The zero-order valence-corrected chi connectivity index (χ0v) is 12.0. The Labute approximate surface area is 119 Å². The molecular weight excluding hydrogens is 256 g/mol. The zero-order chi connectivity index (χ0) is 14.8. The summed E-state index contributed by atoms with van der Waals surface area (Å²) in [6.07, 6.45) is 2.36. The molecule has 1 saturated heterocycles. The Kier molecular flexibility index (Phi) is 4.25. The van der Waals surface area contributed by atoms with E-state index in [0.717, 1.165) is 18.5 Å². The molecule has 0 radical (unpaired) electrons. The van der Waals surface area contributed by atoms with Crippen LogP contribution in [-0.4, -0.2) is 39.6 Å². The fraction of sp³-hybridized carbons (Fsp3) is 0.571. The van der Waals surface area contributed by atoms with Gasteiger partial charge >= 0.3 is 0 Å². The fourth-order valence-corrected chi connectivity index (χ4v) is 2.47. The summed E-state index contributed by atoms with van der Waals surface area (Å²) in [7, 11) is 0. The van der Waals surface area contributed by atoms with Crippen LogP contribution in [0.1, 0.15) is 42.7 Å². The number of hydrogen-bond acceptors (Lipinski definition) is 5. The quantitative estimate of drug-likeness (QED) is 0.562. The van der Waals surface area contributed by atoms with Crippen molar-refractivity contribution in [1.29, 1.82) is 0 Å². The lowest BCUT2D eigenvalue weighted by atomic mass is 10.1. The first kappa shape index (κ1) is 14.7. The molecule has 4 N–H and O–H groups in total. The molecule has 0 aromatic carbocycles. The normalized spacial score (nSPS) is 22.1. The van der Waals surface area contributed by atoms with Crippen LogP contribution < -0.4 is 11.3 Å². The van der Waals surface area contributed by atoms with Gasteiger partial charge in [0.2, 0.25) is 0 Å². The Bertz CT molecular complexity index is 502. The Morgan fingerprint density at radius 1 is 1.60 bits per heavy atom. The molecule has 6 nitrogen and oxygen atoms in total. The minimum absolute atomic E-state index is 0.0842. The molecule has 0 spiro atoms. The van der Waals surface area contributed by atoms with Crippen molar-refractivity contribution in [1.82, 2.24) is 9.88 Å².